The normalized spacial score (nSPS) is 11.4. The van der Waals surface area contributed by atoms with Crippen LogP contribution in [0.25, 0.3) is 0 Å². The predicted molar refractivity (Wildman–Crippen MR) is 68.6 cm³/mol. The Balaban J connectivity index is 2.39. The van der Waals surface area contributed by atoms with Gasteiger partial charge in [-0.3, -0.25) is 9.52 Å². The standard InChI is InChI=1S/C10H10N2O4S2/c1-6-9(17-10(14)11-6)18(15,16)12-7-3-2-4-8(13)5-7/h2-5,12-13H,1H3,(H,11,14). The zero-order valence-corrected chi connectivity index (χ0v) is 10.9. The molecule has 0 saturated carbocycles. The second-order valence-electron chi connectivity index (χ2n) is 3.58. The Labute approximate surface area is 107 Å². The summed E-state index contributed by atoms with van der Waals surface area (Å²) in [7, 11) is -3.81. The van der Waals surface area contributed by atoms with Crippen LogP contribution in [0, 0.1) is 6.92 Å². The molecule has 2 aromatic rings. The molecule has 0 aliphatic rings. The fourth-order valence-corrected chi connectivity index (χ4v) is 3.77. The minimum absolute atomic E-state index is 0.0471. The number of H-pyrrole nitrogens is 1. The van der Waals surface area contributed by atoms with Gasteiger partial charge in [-0.2, -0.15) is 0 Å². The highest BCUT2D eigenvalue weighted by Crippen LogP contribution is 2.22. The number of hydrogen-bond acceptors (Lipinski definition) is 5. The third-order valence-electron chi connectivity index (χ3n) is 2.12. The summed E-state index contributed by atoms with van der Waals surface area (Å²) in [6, 6.07) is 5.72. The number of aromatic hydroxyl groups is 1. The molecule has 18 heavy (non-hydrogen) atoms. The molecule has 1 heterocycles. The van der Waals surface area contributed by atoms with Gasteiger partial charge in [0, 0.05) is 11.8 Å². The third kappa shape index (κ3) is 2.54. The largest absolute Gasteiger partial charge is 0.508 e. The summed E-state index contributed by atoms with van der Waals surface area (Å²) < 4.78 is 26.2. The molecular weight excluding hydrogens is 276 g/mol. The Kier molecular flexibility index (Phi) is 3.14. The van der Waals surface area contributed by atoms with Crippen molar-refractivity contribution >= 4 is 27.0 Å². The number of anilines is 1. The van der Waals surface area contributed by atoms with Crippen LogP contribution in [-0.4, -0.2) is 18.5 Å². The Morgan fingerprint density at radius 2 is 2.11 bits per heavy atom. The summed E-state index contributed by atoms with van der Waals surface area (Å²) in [5.41, 5.74) is 0.521. The first-order valence-electron chi connectivity index (χ1n) is 4.90. The van der Waals surface area contributed by atoms with Crippen molar-refractivity contribution < 1.29 is 13.5 Å². The topological polar surface area (TPSA) is 99.3 Å². The fourth-order valence-electron chi connectivity index (χ4n) is 1.42. The number of aromatic amines is 1. The molecule has 0 aliphatic heterocycles. The number of rotatable bonds is 3. The highest BCUT2D eigenvalue weighted by molar-refractivity contribution is 7.94. The number of thiazole rings is 1. The lowest BCUT2D eigenvalue weighted by Crippen LogP contribution is -2.12. The van der Waals surface area contributed by atoms with Crippen LogP contribution in [0.1, 0.15) is 5.69 Å². The molecular formula is C10H10N2O4S2. The maximum atomic E-state index is 12.0. The molecule has 0 bridgehead atoms. The van der Waals surface area contributed by atoms with Gasteiger partial charge in [0.1, 0.15) is 5.75 Å². The highest BCUT2D eigenvalue weighted by atomic mass is 32.2. The van der Waals surface area contributed by atoms with Gasteiger partial charge in [-0.15, -0.1) is 0 Å². The van der Waals surface area contributed by atoms with Gasteiger partial charge < -0.3 is 10.1 Å². The van der Waals surface area contributed by atoms with Crippen LogP contribution in [0.2, 0.25) is 0 Å². The second kappa shape index (κ2) is 4.46. The van der Waals surface area contributed by atoms with Crippen molar-refractivity contribution in [2.45, 2.75) is 11.1 Å². The molecule has 1 aromatic heterocycles. The third-order valence-corrected chi connectivity index (χ3v) is 5.11. The molecule has 3 N–H and O–H groups in total. The van der Waals surface area contributed by atoms with E-state index in [1.807, 2.05) is 0 Å². The van der Waals surface area contributed by atoms with Crippen molar-refractivity contribution in [3.8, 4) is 5.75 Å². The number of phenolic OH excluding ortho intramolecular Hbond substituents is 1. The first-order chi connectivity index (χ1) is 8.38. The van der Waals surface area contributed by atoms with Crippen molar-refractivity contribution in [2.24, 2.45) is 0 Å². The molecule has 8 heteroatoms. The van der Waals surface area contributed by atoms with Gasteiger partial charge in [-0.1, -0.05) is 17.4 Å². The van der Waals surface area contributed by atoms with Crippen LogP contribution in [0.15, 0.2) is 33.3 Å². The average molecular weight is 286 g/mol. The van der Waals surface area contributed by atoms with E-state index in [1.54, 1.807) is 0 Å². The Hall–Kier alpha value is -1.80. The quantitative estimate of drug-likeness (QED) is 0.790. The number of hydrogen-bond donors (Lipinski definition) is 3. The smallest absolute Gasteiger partial charge is 0.306 e. The van der Waals surface area contributed by atoms with E-state index in [9.17, 15) is 18.3 Å². The summed E-state index contributed by atoms with van der Waals surface area (Å²) in [5.74, 6) is -0.0471. The lowest BCUT2D eigenvalue weighted by atomic mass is 10.3. The maximum Gasteiger partial charge on any atom is 0.306 e. The molecule has 1 aromatic carbocycles. The van der Waals surface area contributed by atoms with Gasteiger partial charge in [0.15, 0.2) is 4.21 Å². The summed E-state index contributed by atoms with van der Waals surface area (Å²) in [4.78, 5) is 13.1. The number of aromatic nitrogens is 1. The van der Waals surface area contributed by atoms with Gasteiger partial charge in [-0.05, 0) is 19.1 Å². The van der Waals surface area contributed by atoms with Crippen molar-refractivity contribution in [2.75, 3.05) is 4.72 Å². The van der Waals surface area contributed by atoms with Crippen LogP contribution in [0.5, 0.6) is 5.75 Å². The van der Waals surface area contributed by atoms with E-state index in [0.717, 1.165) is 0 Å². The van der Waals surface area contributed by atoms with Crippen molar-refractivity contribution in [3.05, 3.63) is 39.6 Å². The fraction of sp³-hybridized carbons (Fsp3) is 0.100. The number of benzene rings is 1. The zero-order chi connectivity index (χ0) is 13.3. The molecule has 0 amide bonds. The van der Waals surface area contributed by atoms with Crippen molar-refractivity contribution in [1.82, 2.24) is 4.98 Å². The number of nitrogens with one attached hydrogen (secondary N) is 2. The highest BCUT2D eigenvalue weighted by Gasteiger charge is 2.20. The molecule has 0 spiro atoms. The van der Waals surface area contributed by atoms with E-state index < -0.39 is 14.9 Å². The molecule has 2 rings (SSSR count). The number of sulfonamides is 1. The number of aryl methyl sites for hydroxylation is 1. The lowest BCUT2D eigenvalue weighted by molar-refractivity contribution is 0.475. The van der Waals surface area contributed by atoms with Crippen LogP contribution < -0.4 is 9.60 Å². The second-order valence-corrected chi connectivity index (χ2v) is 6.44. The first-order valence-corrected chi connectivity index (χ1v) is 7.20. The summed E-state index contributed by atoms with van der Waals surface area (Å²) in [6.45, 7) is 1.51. The van der Waals surface area contributed by atoms with Gasteiger partial charge in [0.05, 0.1) is 5.69 Å². The summed E-state index contributed by atoms with van der Waals surface area (Å²) >= 11 is 0.621. The molecule has 0 fully saturated rings. The minimum Gasteiger partial charge on any atom is -0.508 e. The van der Waals surface area contributed by atoms with Gasteiger partial charge in [0.2, 0.25) is 0 Å². The van der Waals surface area contributed by atoms with Crippen molar-refractivity contribution in [3.63, 3.8) is 0 Å². The molecule has 96 valence electrons. The average Bonchev–Trinajstić information content (AvgIpc) is 2.58. The van der Waals surface area contributed by atoms with Crippen molar-refractivity contribution in [1.29, 1.82) is 0 Å². The first kappa shape index (κ1) is 12.7. The van der Waals surface area contributed by atoms with E-state index >= 15 is 0 Å². The Morgan fingerprint density at radius 1 is 1.39 bits per heavy atom. The van der Waals surface area contributed by atoms with E-state index in [4.69, 9.17) is 0 Å². The Morgan fingerprint density at radius 3 is 2.67 bits per heavy atom. The molecule has 0 aliphatic carbocycles. The van der Waals surface area contributed by atoms with Gasteiger partial charge in [-0.25, -0.2) is 8.42 Å². The van der Waals surface area contributed by atoms with Gasteiger partial charge in [0.25, 0.3) is 10.0 Å². The lowest BCUT2D eigenvalue weighted by Gasteiger charge is -2.06. The Bertz CT molecular complexity index is 730. The van der Waals surface area contributed by atoms with E-state index in [0.29, 0.717) is 11.3 Å². The van der Waals surface area contributed by atoms with Crippen LogP contribution in [0.3, 0.4) is 0 Å². The van der Waals surface area contributed by atoms with E-state index in [2.05, 4.69) is 9.71 Å². The molecule has 0 atom stereocenters. The SMILES string of the molecule is Cc1[nH]c(=O)sc1S(=O)(=O)Nc1cccc(O)c1. The summed E-state index contributed by atoms with van der Waals surface area (Å²) in [5, 5.41) is 9.25. The number of phenols is 1. The molecule has 0 unspecified atom stereocenters. The maximum absolute atomic E-state index is 12.0. The van der Waals surface area contributed by atoms with E-state index in [1.165, 1.54) is 31.2 Å². The predicted octanol–water partition coefficient (Wildman–Crippen LogP) is 1.25. The van der Waals surface area contributed by atoms with Gasteiger partial charge >= 0.3 is 4.87 Å². The van der Waals surface area contributed by atoms with E-state index in [-0.39, 0.29) is 21.3 Å². The van der Waals surface area contributed by atoms with Crippen LogP contribution >= 0.6 is 11.3 Å². The minimum atomic E-state index is -3.81. The van der Waals surface area contributed by atoms with Crippen LogP contribution in [-0.2, 0) is 10.0 Å². The molecule has 0 saturated heterocycles. The monoisotopic (exact) mass is 286 g/mol. The summed E-state index contributed by atoms with van der Waals surface area (Å²) in [6.07, 6.45) is 0. The molecule has 6 nitrogen and oxygen atoms in total. The molecule has 0 radical (unpaired) electrons. The zero-order valence-electron chi connectivity index (χ0n) is 9.30. The van der Waals surface area contributed by atoms with Crippen LogP contribution in [0.4, 0.5) is 5.69 Å².